The molecule has 2 rings (SSSR count). The molecule has 0 bridgehead atoms. The van der Waals surface area contributed by atoms with Crippen LogP contribution in [-0.2, 0) is 6.54 Å². The normalized spacial score (nSPS) is 17.6. The summed E-state index contributed by atoms with van der Waals surface area (Å²) in [5, 5.41) is 7.35. The van der Waals surface area contributed by atoms with Gasteiger partial charge in [0.05, 0.1) is 0 Å². The molecule has 1 aromatic carbocycles. The number of hydrogen-bond acceptors (Lipinski definition) is 2. The minimum Gasteiger partial charge on any atom is -0.384 e. The van der Waals surface area contributed by atoms with E-state index in [-0.39, 0.29) is 5.84 Å². The van der Waals surface area contributed by atoms with E-state index in [0.717, 1.165) is 12.1 Å². The average Bonchev–Trinajstić information content (AvgIpc) is 2.58. The summed E-state index contributed by atoms with van der Waals surface area (Å²) in [6.45, 7) is 3.46. The summed E-state index contributed by atoms with van der Waals surface area (Å²) >= 11 is 0. The number of nitrogen functional groups attached to an aromatic ring is 1. The lowest BCUT2D eigenvalue weighted by atomic mass is 10.1. The summed E-state index contributed by atoms with van der Waals surface area (Å²) in [4.78, 5) is 2.52. The highest BCUT2D eigenvalue weighted by molar-refractivity contribution is 5.94. The lowest BCUT2D eigenvalue weighted by Crippen LogP contribution is -2.24. The van der Waals surface area contributed by atoms with E-state index >= 15 is 0 Å². The summed E-state index contributed by atoms with van der Waals surface area (Å²) in [7, 11) is 0. The van der Waals surface area contributed by atoms with Gasteiger partial charge in [0.25, 0.3) is 0 Å². The number of likely N-dealkylation sites (tertiary alicyclic amines) is 1. The molecule has 0 unspecified atom stereocenters. The SMILES string of the molecule is N=C(N)c1ccc(CN2CCCCCC2)cc1. The van der Waals surface area contributed by atoms with E-state index in [9.17, 15) is 0 Å². The second kappa shape index (κ2) is 5.82. The highest BCUT2D eigenvalue weighted by Gasteiger charge is 2.09. The Labute approximate surface area is 103 Å². The second-order valence-electron chi connectivity index (χ2n) is 4.80. The van der Waals surface area contributed by atoms with Crippen molar-refractivity contribution in [1.29, 1.82) is 5.41 Å². The zero-order valence-electron chi connectivity index (χ0n) is 10.3. The van der Waals surface area contributed by atoms with Crippen LogP contribution in [0.2, 0.25) is 0 Å². The van der Waals surface area contributed by atoms with Crippen molar-refractivity contribution in [2.75, 3.05) is 13.1 Å². The molecular formula is C14H21N3. The van der Waals surface area contributed by atoms with E-state index < -0.39 is 0 Å². The van der Waals surface area contributed by atoms with Gasteiger partial charge in [-0.3, -0.25) is 10.3 Å². The van der Waals surface area contributed by atoms with Crippen LogP contribution in [0.15, 0.2) is 24.3 Å². The van der Waals surface area contributed by atoms with Gasteiger partial charge in [0.2, 0.25) is 0 Å². The lowest BCUT2D eigenvalue weighted by Gasteiger charge is -2.19. The van der Waals surface area contributed by atoms with Crippen LogP contribution < -0.4 is 5.73 Å². The van der Waals surface area contributed by atoms with Crippen LogP contribution in [0.1, 0.15) is 36.8 Å². The molecule has 0 spiro atoms. The van der Waals surface area contributed by atoms with Crippen molar-refractivity contribution in [1.82, 2.24) is 4.90 Å². The molecule has 92 valence electrons. The van der Waals surface area contributed by atoms with Crippen LogP contribution in [0.4, 0.5) is 0 Å². The molecule has 0 radical (unpaired) electrons. The first-order chi connectivity index (χ1) is 8.25. The maximum atomic E-state index is 7.35. The summed E-state index contributed by atoms with van der Waals surface area (Å²) in [6.07, 6.45) is 5.40. The average molecular weight is 231 g/mol. The van der Waals surface area contributed by atoms with Crippen LogP contribution in [0.25, 0.3) is 0 Å². The fourth-order valence-electron chi connectivity index (χ4n) is 2.34. The third-order valence-corrected chi connectivity index (χ3v) is 3.37. The second-order valence-corrected chi connectivity index (χ2v) is 4.80. The highest BCUT2D eigenvalue weighted by atomic mass is 15.1. The Morgan fingerprint density at radius 1 is 1.06 bits per heavy atom. The largest absolute Gasteiger partial charge is 0.384 e. The van der Waals surface area contributed by atoms with Gasteiger partial charge in [-0.2, -0.15) is 0 Å². The van der Waals surface area contributed by atoms with Crippen LogP contribution in [-0.4, -0.2) is 23.8 Å². The number of benzene rings is 1. The molecule has 0 saturated carbocycles. The number of nitrogens with zero attached hydrogens (tertiary/aromatic N) is 1. The topological polar surface area (TPSA) is 53.1 Å². The van der Waals surface area contributed by atoms with E-state index in [0.29, 0.717) is 0 Å². The van der Waals surface area contributed by atoms with Gasteiger partial charge in [-0.1, -0.05) is 37.1 Å². The van der Waals surface area contributed by atoms with Gasteiger partial charge >= 0.3 is 0 Å². The van der Waals surface area contributed by atoms with E-state index in [1.807, 2.05) is 12.1 Å². The molecule has 3 heteroatoms. The number of amidine groups is 1. The Kier molecular flexibility index (Phi) is 4.15. The van der Waals surface area contributed by atoms with Crippen LogP contribution in [0.5, 0.6) is 0 Å². The van der Waals surface area contributed by atoms with Crippen molar-refractivity contribution in [3.63, 3.8) is 0 Å². The number of rotatable bonds is 3. The molecule has 1 aliphatic heterocycles. The third-order valence-electron chi connectivity index (χ3n) is 3.37. The minimum atomic E-state index is 0.145. The van der Waals surface area contributed by atoms with Crippen molar-refractivity contribution in [2.45, 2.75) is 32.2 Å². The predicted molar refractivity (Wildman–Crippen MR) is 71.2 cm³/mol. The molecule has 0 aliphatic carbocycles. The Morgan fingerprint density at radius 2 is 1.65 bits per heavy atom. The van der Waals surface area contributed by atoms with Crippen molar-refractivity contribution in [3.05, 3.63) is 35.4 Å². The summed E-state index contributed by atoms with van der Waals surface area (Å²) in [5.74, 6) is 0.145. The van der Waals surface area contributed by atoms with Gasteiger partial charge in [0, 0.05) is 12.1 Å². The Hall–Kier alpha value is -1.35. The molecule has 0 aromatic heterocycles. The molecule has 1 fully saturated rings. The molecule has 0 atom stereocenters. The van der Waals surface area contributed by atoms with Crippen molar-refractivity contribution < 1.29 is 0 Å². The fraction of sp³-hybridized carbons (Fsp3) is 0.500. The minimum absolute atomic E-state index is 0.145. The number of nitrogens with two attached hydrogens (primary N) is 1. The maximum Gasteiger partial charge on any atom is 0.122 e. The van der Waals surface area contributed by atoms with Crippen molar-refractivity contribution in [2.24, 2.45) is 5.73 Å². The van der Waals surface area contributed by atoms with E-state index in [4.69, 9.17) is 11.1 Å². The van der Waals surface area contributed by atoms with Gasteiger partial charge < -0.3 is 5.73 Å². The molecule has 17 heavy (non-hydrogen) atoms. The number of nitrogens with one attached hydrogen (secondary N) is 1. The first-order valence-corrected chi connectivity index (χ1v) is 6.41. The molecule has 3 N–H and O–H groups in total. The van der Waals surface area contributed by atoms with Crippen molar-refractivity contribution in [3.8, 4) is 0 Å². The van der Waals surface area contributed by atoms with Crippen molar-refractivity contribution >= 4 is 5.84 Å². The van der Waals surface area contributed by atoms with E-state index in [2.05, 4.69) is 17.0 Å². The monoisotopic (exact) mass is 231 g/mol. The van der Waals surface area contributed by atoms with Gasteiger partial charge in [0.15, 0.2) is 0 Å². The van der Waals surface area contributed by atoms with E-state index in [1.54, 1.807) is 0 Å². The van der Waals surface area contributed by atoms with Crippen LogP contribution in [0, 0.1) is 5.41 Å². The van der Waals surface area contributed by atoms with Crippen LogP contribution in [0.3, 0.4) is 0 Å². The van der Waals surface area contributed by atoms with Gasteiger partial charge in [-0.25, -0.2) is 0 Å². The molecular weight excluding hydrogens is 210 g/mol. The summed E-state index contributed by atoms with van der Waals surface area (Å²) in [6, 6.07) is 8.05. The number of hydrogen-bond donors (Lipinski definition) is 2. The molecule has 3 nitrogen and oxygen atoms in total. The molecule has 1 saturated heterocycles. The fourth-order valence-corrected chi connectivity index (χ4v) is 2.34. The zero-order valence-corrected chi connectivity index (χ0v) is 10.3. The standard InChI is InChI=1S/C14H21N3/c15-14(16)13-7-5-12(6-8-13)11-17-9-3-1-2-4-10-17/h5-8H,1-4,9-11H2,(H3,15,16). The zero-order chi connectivity index (χ0) is 12.1. The Bertz CT molecular complexity index is 362. The summed E-state index contributed by atoms with van der Waals surface area (Å²) < 4.78 is 0. The quantitative estimate of drug-likeness (QED) is 0.619. The third kappa shape index (κ3) is 3.56. The van der Waals surface area contributed by atoms with Gasteiger partial charge in [0.1, 0.15) is 5.84 Å². The molecule has 1 heterocycles. The van der Waals surface area contributed by atoms with Gasteiger partial charge in [-0.15, -0.1) is 0 Å². The summed E-state index contributed by atoms with van der Waals surface area (Å²) in [5.41, 5.74) is 7.57. The maximum absolute atomic E-state index is 7.35. The lowest BCUT2D eigenvalue weighted by molar-refractivity contribution is 0.277. The smallest absolute Gasteiger partial charge is 0.122 e. The first-order valence-electron chi connectivity index (χ1n) is 6.41. The predicted octanol–water partition coefficient (Wildman–Crippen LogP) is 2.35. The molecule has 0 amide bonds. The van der Waals surface area contributed by atoms with Gasteiger partial charge in [-0.05, 0) is 31.5 Å². The molecule has 1 aromatic rings. The first kappa shape index (κ1) is 12.1. The van der Waals surface area contributed by atoms with Crippen LogP contribution >= 0.6 is 0 Å². The molecule has 1 aliphatic rings. The Morgan fingerprint density at radius 3 is 2.18 bits per heavy atom. The highest BCUT2D eigenvalue weighted by Crippen LogP contribution is 2.13. The van der Waals surface area contributed by atoms with E-state index in [1.165, 1.54) is 44.3 Å². The Balaban J connectivity index is 1.95.